The quantitative estimate of drug-likeness (QED) is 0.395. The Morgan fingerprint density at radius 3 is 2.47 bits per heavy atom. The van der Waals surface area contributed by atoms with Gasteiger partial charge in [0.25, 0.3) is 0 Å². The minimum atomic E-state index is 0. The van der Waals surface area contributed by atoms with E-state index in [9.17, 15) is 0 Å². The number of unbranched alkanes of at least 4 members (excludes halogenated alkanes) is 2. The van der Waals surface area contributed by atoms with Gasteiger partial charge in [-0.1, -0.05) is 43.7 Å². The summed E-state index contributed by atoms with van der Waals surface area (Å²) in [6.07, 6.45) is 5.21. The molecule has 0 amide bonds. The van der Waals surface area contributed by atoms with Gasteiger partial charge < -0.3 is 0 Å². The first-order chi connectivity index (χ1) is 7.72. The maximum Gasteiger partial charge on any atom is 0 e. The van der Waals surface area contributed by atoms with Crippen molar-refractivity contribution in [2.75, 3.05) is 0 Å². The van der Waals surface area contributed by atoms with Crippen LogP contribution in [0.4, 0.5) is 0 Å². The van der Waals surface area contributed by atoms with Crippen LogP contribution in [0.15, 0.2) is 24.3 Å². The van der Waals surface area contributed by atoms with Gasteiger partial charge in [0.1, 0.15) is 0 Å². The fourth-order valence-corrected chi connectivity index (χ4v) is 2.32. The van der Waals surface area contributed by atoms with Crippen molar-refractivity contribution in [3.63, 3.8) is 0 Å². The topological polar surface area (TPSA) is 0 Å². The maximum absolute atomic E-state index is 2.35. The predicted molar refractivity (Wildman–Crippen MR) is 72.2 cm³/mol. The Hall–Kier alpha value is -0.300. The number of rotatable bonds is 4. The zero-order valence-corrected chi connectivity index (χ0v) is 14.7. The molecule has 0 aliphatic rings. The van der Waals surface area contributed by atoms with Crippen LogP contribution in [0.1, 0.15) is 42.9 Å². The van der Waals surface area contributed by atoms with Crippen molar-refractivity contribution in [1.29, 1.82) is 0 Å². The Balaban J connectivity index is 0.00000144. The summed E-state index contributed by atoms with van der Waals surface area (Å²) in [6, 6.07) is 9.24. The van der Waals surface area contributed by atoms with Crippen molar-refractivity contribution in [3.05, 3.63) is 41.0 Å². The first-order valence-corrected chi connectivity index (χ1v) is 6.38. The number of fused-ring (bicyclic) bond motifs is 1. The molecule has 0 heterocycles. The molecular weight excluding hydrogens is 371 g/mol. The van der Waals surface area contributed by atoms with Gasteiger partial charge in [0, 0.05) is 25.8 Å². The summed E-state index contributed by atoms with van der Waals surface area (Å²) < 4.78 is 0. The van der Waals surface area contributed by atoms with Crippen LogP contribution in [-0.4, -0.2) is 0 Å². The fourth-order valence-electron chi connectivity index (χ4n) is 2.32. The van der Waals surface area contributed by atoms with E-state index in [1.54, 1.807) is 0 Å². The number of hydrogen-bond donors (Lipinski definition) is 0. The molecule has 2 aromatic carbocycles. The third-order valence-electron chi connectivity index (χ3n) is 3.53. The van der Waals surface area contributed by atoms with Gasteiger partial charge in [0.15, 0.2) is 0 Å². The van der Waals surface area contributed by atoms with Gasteiger partial charge in [-0.3, -0.25) is 0 Å². The van der Waals surface area contributed by atoms with Crippen LogP contribution < -0.4 is 0 Å². The molecule has 0 aliphatic carbocycles. The van der Waals surface area contributed by atoms with Crippen molar-refractivity contribution in [1.82, 2.24) is 0 Å². The van der Waals surface area contributed by atoms with E-state index in [0.29, 0.717) is 0 Å². The molecule has 0 nitrogen and oxygen atoms in total. The van der Waals surface area contributed by atoms with Crippen molar-refractivity contribution in [2.45, 2.75) is 46.5 Å². The third kappa shape index (κ3) is 3.34. The molecule has 0 saturated heterocycles. The van der Waals surface area contributed by atoms with E-state index >= 15 is 0 Å². The van der Waals surface area contributed by atoms with Gasteiger partial charge in [-0.2, -0.15) is 6.07 Å². The number of aryl methyl sites for hydroxylation is 3. The molecule has 0 spiro atoms. The summed E-state index contributed by atoms with van der Waals surface area (Å²) >= 11 is 0. The maximum atomic E-state index is 2.35. The average Bonchev–Trinajstić information content (AvgIpc) is 2.63. The Morgan fingerprint density at radius 1 is 1.06 bits per heavy atom. The molecule has 0 atom stereocenters. The van der Waals surface area contributed by atoms with Crippen LogP contribution in [0.3, 0.4) is 0 Å². The van der Waals surface area contributed by atoms with Gasteiger partial charge in [-0.05, 0) is 13.8 Å². The van der Waals surface area contributed by atoms with Crippen LogP contribution in [0.5, 0.6) is 0 Å². The van der Waals surface area contributed by atoms with E-state index in [1.165, 1.54) is 53.1 Å². The molecule has 17 heavy (non-hydrogen) atoms. The summed E-state index contributed by atoms with van der Waals surface area (Å²) in [4.78, 5) is 0. The summed E-state index contributed by atoms with van der Waals surface area (Å²) in [5.74, 6) is 0. The zero-order chi connectivity index (χ0) is 11.5. The van der Waals surface area contributed by atoms with Crippen molar-refractivity contribution in [2.24, 2.45) is 0 Å². The molecule has 0 aromatic heterocycles. The van der Waals surface area contributed by atoms with Crippen LogP contribution in [-0.2, 0) is 32.3 Å². The summed E-state index contributed by atoms with van der Waals surface area (Å²) in [7, 11) is 0. The molecule has 0 saturated carbocycles. The fraction of sp³-hybridized carbons (Fsp3) is 0.438. The van der Waals surface area contributed by atoms with Crippen LogP contribution in [0, 0.1) is 13.8 Å². The molecule has 0 unspecified atom stereocenters. The molecule has 0 N–H and O–H groups in total. The van der Waals surface area contributed by atoms with E-state index in [1.807, 2.05) is 0 Å². The second-order valence-electron chi connectivity index (χ2n) is 4.84. The largest absolute Gasteiger partial charge is 0.168 e. The monoisotopic (exact) mass is 393 g/mol. The number of benzene rings is 1. The van der Waals surface area contributed by atoms with Crippen LogP contribution >= 0.6 is 0 Å². The SMILES string of the molecule is CCCCC[c-]1ccc2cc(C)c(C)cc21.[Hf]. The third-order valence-corrected chi connectivity index (χ3v) is 3.53. The summed E-state index contributed by atoms with van der Waals surface area (Å²) in [5, 5.41) is 2.88. The Morgan fingerprint density at radius 2 is 1.76 bits per heavy atom. The second-order valence-corrected chi connectivity index (χ2v) is 4.84. The molecule has 2 rings (SSSR count). The molecule has 0 bridgehead atoms. The van der Waals surface area contributed by atoms with E-state index in [0.717, 1.165) is 0 Å². The Labute approximate surface area is 124 Å². The van der Waals surface area contributed by atoms with Gasteiger partial charge in [0.05, 0.1) is 0 Å². The molecular formula is C16H21Hf-. The second kappa shape index (κ2) is 6.58. The van der Waals surface area contributed by atoms with Crippen LogP contribution in [0.2, 0.25) is 0 Å². The smallest absolute Gasteiger partial charge is 0 e. The Bertz CT molecular complexity index is 479. The normalized spacial score (nSPS) is 10.5. The minimum Gasteiger partial charge on any atom is -0.168 e. The first kappa shape index (κ1) is 14.8. The van der Waals surface area contributed by atoms with Gasteiger partial charge in [-0.15, -0.1) is 34.5 Å². The molecule has 0 aliphatic heterocycles. The van der Waals surface area contributed by atoms with Crippen molar-refractivity contribution >= 4 is 10.8 Å². The van der Waals surface area contributed by atoms with E-state index in [2.05, 4.69) is 45.0 Å². The first-order valence-electron chi connectivity index (χ1n) is 6.38. The van der Waals surface area contributed by atoms with E-state index < -0.39 is 0 Å². The zero-order valence-electron chi connectivity index (χ0n) is 11.1. The standard InChI is InChI=1S/C16H21.Hf/c1-4-5-6-7-14-8-9-15-10-12(2)13(3)11-16(14)15;/h8-11H,4-7H2,1-3H3;/q-1;. The minimum absolute atomic E-state index is 0. The van der Waals surface area contributed by atoms with Gasteiger partial charge in [0.2, 0.25) is 0 Å². The van der Waals surface area contributed by atoms with E-state index in [-0.39, 0.29) is 25.8 Å². The molecule has 2 aromatic rings. The summed E-state index contributed by atoms with van der Waals surface area (Å²) in [6.45, 7) is 6.66. The van der Waals surface area contributed by atoms with Crippen molar-refractivity contribution < 1.29 is 25.8 Å². The Kier molecular flexibility index (Phi) is 5.72. The molecule has 0 radical (unpaired) electrons. The summed E-state index contributed by atoms with van der Waals surface area (Å²) in [5.41, 5.74) is 4.35. The molecule has 90 valence electrons. The molecule has 0 fully saturated rings. The van der Waals surface area contributed by atoms with Gasteiger partial charge >= 0.3 is 0 Å². The average molecular weight is 392 g/mol. The van der Waals surface area contributed by atoms with Gasteiger partial charge in [-0.25, -0.2) is 0 Å². The van der Waals surface area contributed by atoms with E-state index in [4.69, 9.17) is 0 Å². The predicted octanol–water partition coefficient (Wildman–Crippen LogP) is 4.91. The van der Waals surface area contributed by atoms with Crippen LogP contribution in [0.25, 0.3) is 10.8 Å². The molecule has 1 heteroatoms. The number of hydrogen-bond acceptors (Lipinski definition) is 0. The van der Waals surface area contributed by atoms with Crippen molar-refractivity contribution in [3.8, 4) is 0 Å².